The van der Waals surface area contributed by atoms with Crippen molar-refractivity contribution in [3.8, 4) is 0 Å². The summed E-state index contributed by atoms with van der Waals surface area (Å²) in [6.45, 7) is 6.46. The summed E-state index contributed by atoms with van der Waals surface area (Å²) in [5.74, 6) is 0.920. The summed E-state index contributed by atoms with van der Waals surface area (Å²) in [5, 5.41) is 3.09. The van der Waals surface area contributed by atoms with Crippen LogP contribution in [0.4, 0.5) is 0 Å². The van der Waals surface area contributed by atoms with E-state index in [-0.39, 0.29) is 0 Å². The van der Waals surface area contributed by atoms with Crippen LogP contribution in [0.3, 0.4) is 0 Å². The van der Waals surface area contributed by atoms with Gasteiger partial charge in [0, 0.05) is 12.3 Å². The molecule has 0 atom stereocenters. The van der Waals surface area contributed by atoms with Crippen molar-refractivity contribution in [1.82, 2.24) is 5.32 Å². The van der Waals surface area contributed by atoms with Crippen molar-refractivity contribution in [3.05, 3.63) is 48.0 Å². The number of hydrogen-bond donors (Lipinski definition) is 1. The SMILES string of the molecule is C=CCNC(=S)SCc1ccc(C)cc1. The maximum Gasteiger partial charge on any atom is 0.134 e. The number of rotatable bonds is 4. The average Bonchev–Trinajstić information content (AvgIpc) is 2.25. The number of nitrogens with one attached hydrogen (secondary N) is 1. The van der Waals surface area contributed by atoms with Gasteiger partial charge in [0.15, 0.2) is 0 Å². The van der Waals surface area contributed by atoms with E-state index in [4.69, 9.17) is 12.2 Å². The molecule has 0 unspecified atom stereocenters. The molecule has 0 aromatic heterocycles. The third kappa shape index (κ3) is 5.00. The largest absolute Gasteiger partial charge is 0.368 e. The van der Waals surface area contributed by atoms with E-state index < -0.39 is 0 Å². The number of aryl methyl sites for hydroxylation is 1. The monoisotopic (exact) mass is 237 g/mol. The summed E-state index contributed by atoms with van der Waals surface area (Å²) < 4.78 is 0.829. The predicted molar refractivity (Wildman–Crippen MR) is 73.3 cm³/mol. The van der Waals surface area contributed by atoms with Gasteiger partial charge in [0.25, 0.3) is 0 Å². The summed E-state index contributed by atoms with van der Waals surface area (Å²) in [5.41, 5.74) is 2.59. The molecule has 0 amide bonds. The summed E-state index contributed by atoms with van der Waals surface area (Å²) in [4.78, 5) is 0. The summed E-state index contributed by atoms with van der Waals surface area (Å²) >= 11 is 6.80. The minimum Gasteiger partial charge on any atom is -0.368 e. The standard InChI is InChI=1S/C12H15NS2/c1-3-8-13-12(14)15-9-11-6-4-10(2)5-7-11/h3-7H,1,8-9H2,2H3,(H,13,14). The molecule has 1 aromatic rings. The molecule has 15 heavy (non-hydrogen) atoms. The van der Waals surface area contributed by atoms with Crippen molar-refractivity contribution < 1.29 is 0 Å². The first-order valence-corrected chi connectivity index (χ1v) is 6.19. The van der Waals surface area contributed by atoms with Crippen molar-refractivity contribution in [3.63, 3.8) is 0 Å². The molecular weight excluding hydrogens is 222 g/mol. The van der Waals surface area contributed by atoms with E-state index in [2.05, 4.69) is 43.1 Å². The molecule has 1 nitrogen and oxygen atoms in total. The maximum atomic E-state index is 5.15. The lowest BCUT2D eigenvalue weighted by Crippen LogP contribution is -2.17. The van der Waals surface area contributed by atoms with Gasteiger partial charge in [-0.1, -0.05) is 59.9 Å². The lowest BCUT2D eigenvalue weighted by Gasteiger charge is -2.05. The molecular formula is C12H15NS2. The Hall–Kier alpha value is -0.800. The number of hydrogen-bond acceptors (Lipinski definition) is 2. The van der Waals surface area contributed by atoms with Crippen LogP contribution < -0.4 is 5.32 Å². The third-order valence-electron chi connectivity index (χ3n) is 1.88. The fourth-order valence-electron chi connectivity index (χ4n) is 1.04. The van der Waals surface area contributed by atoms with Crippen LogP contribution >= 0.6 is 24.0 Å². The molecule has 0 radical (unpaired) electrons. The van der Waals surface area contributed by atoms with E-state index in [9.17, 15) is 0 Å². The van der Waals surface area contributed by atoms with Gasteiger partial charge in [-0.15, -0.1) is 6.58 Å². The zero-order valence-corrected chi connectivity index (χ0v) is 10.5. The topological polar surface area (TPSA) is 12.0 Å². The van der Waals surface area contributed by atoms with Gasteiger partial charge in [0.2, 0.25) is 0 Å². The van der Waals surface area contributed by atoms with E-state index in [0.29, 0.717) is 0 Å². The van der Waals surface area contributed by atoms with Crippen LogP contribution in [0.5, 0.6) is 0 Å². The van der Waals surface area contributed by atoms with Crippen LogP contribution in [-0.4, -0.2) is 10.9 Å². The molecule has 0 heterocycles. The molecule has 0 aliphatic heterocycles. The summed E-state index contributed by atoms with van der Waals surface area (Å²) in [6, 6.07) is 8.52. The van der Waals surface area contributed by atoms with E-state index in [1.54, 1.807) is 17.8 Å². The van der Waals surface area contributed by atoms with E-state index in [1.807, 2.05) is 0 Å². The zero-order chi connectivity index (χ0) is 11.1. The molecule has 1 rings (SSSR count). The molecule has 0 aliphatic carbocycles. The Morgan fingerprint density at radius 2 is 2.13 bits per heavy atom. The Kier molecular flexibility index (Phi) is 5.43. The molecule has 1 aromatic carbocycles. The van der Waals surface area contributed by atoms with Gasteiger partial charge >= 0.3 is 0 Å². The second kappa shape index (κ2) is 6.64. The van der Waals surface area contributed by atoms with Crippen LogP contribution in [0.25, 0.3) is 0 Å². The van der Waals surface area contributed by atoms with Gasteiger partial charge in [0.1, 0.15) is 4.32 Å². The molecule has 0 saturated carbocycles. The Bertz CT molecular complexity index is 330. The number of thiocarbonyl (C=S) groups is 1. The van der Waals surface area contributed by atoms with Crippen molar-refractivity contribution in [1.29, 1.82) is 0 Å². The Morgan fingerprint density at radius 1 is 1.47 bits per heavy atom. The zero-order valence-electron chi connectivity index (χ0n) is 8.82. The molecule has 1 N–H and O–H groups in total. The maximum absolute atomic E-state index is 5.15. The van der Waals surface area contributed by atoms with E-state index in [1.165, 1.54) is 11.1 Å². The quantitative estimate of drug-likeness (QED) is 0.637. The second-order valence-electron chi connectivity index (χ2n) is 3.23. The van der Waals surface area contributed by atoms with Gasteiger partial charge in [-0.3, -0.25) is 0 Å². The summed E-state index contributed by atoms with van der Waals surface area (Å²) in [6.07, 6.45) is 1.80. The highest BCUT2D eigenvalue weighted by atomic mass is 32.2. The highest BCUT2D eigenvalue weighted by Crippen LogP contribution is 2.13. The first kappa shape index (κ1) is 12.3. The molecule has 3 heteroatoms. The molecule has 0 saturated heterocycles. The van der Waals surface area contributed by atoms with Gasteiger partial charge in [-0.2, -0.15) is 0 Å². The molecule has 80 valence electrons. The van der Waals surface area contributed by atoms with Gasteiger partial charge in [-0.05, 0) is 12.5 Å². The minimum absolute atomic E-state index is 0.736. The fraction of sp³-hybridized carbons (Fsp3) is 0.250. The lowest BCUT2D eigenvalue weighted by atomic mass is 10.2. The predicted octanol–water partition coefficient (Wildman–Crippen LogP) is 3.29. The number of thioether (sulfide) groups is 1. The van der Waals surface area contributed by atoms with Gasteiger partial charge < -0.3 is 5.32 Å². The van der Waals surface area contributed by atoms with Crippen LogP contribution in [0.15, 0.2) is 36.9 Å². The second-order valence-corrected chi connectivity index (χ2v) is 4.88. The van der Waals surface area contributed by atoms with Gasteiger partial charge in [0.05, 0.1) is 0 Å². The highest BCUT2D eigenvalue weighted by Gasteiger charge is 1.97. The molecule has 0 bridgehead atoms. The fourth-order valence-corrected chi connectivity index (χ4v) is 1.98. The Labute approximate surface area is 101 Å². The van der Waals surface area contributed by atoms with E-state index in [0.717, 1.165) is 16.6 Å². The normalized spacial score (nSPS) is 9.67. The first-order valence-electron chi connectivity index (χ1n) is 4.79. The van der Waals surface area contributed by atoms with E-state index >= 15 is 0 Å². The first-order chi connectivity index (χ1) is 7.22. The van der Waals surface area contributed by atoms with Gasteiger partial charge in [-0.25, -0.2) is 0 Å². The average molecular weight is 237 g/mol. The minimum atomic E-state index is 0.736. The molecule has 0 fully saturated rings. The molecule has 0 spiro atoms. The van der Waals surface area contributed by atoms with Crippen molar-refractivity contribution >= 4 is 28.3 Å². The third-order valence-corrected chi connectivity index (χ3v) is 3.26. The van der Waals surface area contributed by atoms with Crippen LogP contribution in [0.2, 0.25) is 0 Å². The smallest absolute Gasteiger partial charge is 0.134 e. The highest BCUT2D eigenvalue weighted by molar-refractivity contribution is 8.22. The number of benzene rings is 1. The van der Waals surface area contributed by atoms with Crippen LogP contribution in [0, 0.1) is 6.92 Å². The van der Waals surface area contributed by atoms with Crippen LogP contribution in [-0.2, 0) is 5.75 Å². The molecule has 0 aliphatic rings. The van der Waals surface area contributed by atoms with Crippen molar-refractivity contribution in [2.75, 3.05) is 6.54 Å². The summed E-state index contributed by atoms with van der Waals surface area (Å²) in [7, 11) is 0. The Morgan fingerprint density at radius 3 is 2.73 bits per heavy atom. The van der Waals surface area contributed by atoms with Crippen molar-refractivity contribution in [2.24, 2.45) is 0 Å². The van der Waals surface area contributed by atoms with Crippen LogP contribution in [0.1, 0.15) is 11.1 Å². The Balaban J connectivity index is 2.33. The lowest BCUT2D eigenvalue weighted by molar-refractivity contribution is 1.08. The van der Waals surface area contributed by atoms with Crippen molar-refractivity contribution in [2.45, 2.75) is 12.7 Å².